The van der Waals surface area contributed by atoms with Gasteiger partial charge >= 0.3 is 5.97 Å². The second-order valence-corrected chi connectivity index (χ2v) is 4.98. The van der Waals surface area contributed by atoms with E-state index in [-0.39, 0.29) is 24.9 Å². The van der Waals surface area contributed by atoms with Gasteiger partial charge in [0.15, 0.2) is 5.79 Å². The van der Waals surface area contributed by atoms with Crippen molar-refractivity contribution in [1.82, 2.24) is 0 Å². The normalized spacial score (nSPS) is 18.8. The van der Waals surface area contributed by atoms with Crippen molar-refractivity contribution in [2.24, 2.45) is 0 Å². The van der Waals surface area contributed by atoms with Crippen LogP contribution in [0.2, 0.25) is 0 Å². The van der Waals surface area contributed by atoms with E-state index in [0.717, 1.165) is 6.07 Å². The lowest BCUT2D eigenvalue weighted by Gasteiger charge is -2.35. The maximum absolute atomic E-state index is 13.6. The number of nitrogens with one attached hydrogen (secondary N) is 1. The quantitative estimate of drug-likeness (QED) is 0.892. The van der Waals surface area contributed by atoms with Crippen molar-refractivity contribution >= 4 is 11.7 Å². The molecule has 0 bridgehead atoms. The fourth-order valence-electron chi connectivity index (χ4n) is 1.82. The largest absolute Gasteiger partial charge is 0.478 e. The molecule has 1 aliphatic rings. The third-order valence-corrected chi connectivity index (χ3v) is 2.91. The molecular weight excluding hydrogens is 272 g/mol. The first-order valence-electron chi connectivity index (χ1n) is 6.05. The molecule has 0 saturated carbocycles. The van der Waals surface area contributed by atoms with E-state index in [1.54, 1.807) is 13.8 Å². The fraction of sp³-hybridized carbons (Fsp3) is 0.462. The Hall–Kier alpha value is -1.73. The number of benzene rings is 1. The Balaban J connectivity index is 2.14. The summed E-state index contributed by atoms with van der Waals surface area (Å²) in [5.41, 5.74) is -0.687. The summed E-state index contributed by atoms with van der Waals surface area (Å²) in [7, 11) is 0. The first-order chi connectivity index (χ1) is 9.28. The number of carboxylic acid groups (broad SMARTS) is 1. The molecule has 2 rings (SSSR count). The van der Waals surface area contributed by atoms with Crippen molar-refractivity contribution < 1.29 is 28.2 Å². The third-order valence-electron chi connectivity index (χ3n) is 2.91. The summed E-state index contributed by atoms with van der Waals surface area (Å²) in [6, 6.07) is 1.12. The summed E-state index contributed by atoms with van der Waals surface area (Å²) < 4.78 is 37.7. The molecule has 1 fully saturated rings. The predicted octanol–water partition coefficient (Wildman–Crippen LogP) is 2.23. The van der Waals surface area contributed by atoms with Crippen molar-refractivity contribution in [2.75, 3.05) is 18.5 Å². The van der Waals surface area contributed by atoms with Crippen LogP contribution in [0.4, 0.5) is 14.5 Å². The van der Waals surface area contributed by atoms with Gasteiger partial charge in [-0.25, -0.2) is 13.6 Å². The van der Waals surface area contributed by atoms with Crippen molar-refractivity contribution in [3.8, 4) is 0 Å². The van der Waals surface area contributed by atoms with Gasteiger partial charge in [-0.2, -0.15) is 0 Å². The van der Waals surface area contributed by atoms with Crippen LogP contribution in [0.1, 0.15) is 24.2 Å². The maximum atomic E-state index is 13.6. The zero-order chi connectivity index (χ0) is 14.9. The number of ether oxygens (including phenoxy) is 2. The number of anilines is 1. The molecule has 0 aliphatic carbocycles. The summed E-state index contributed by atoms with van der Waals surface area (Å²) in [6.45, 7) is 4.05. The highest BCUT2D eigenvalue weighted by atomic mass is 19.1. The van der Waals surface area contributed by atoms with E-state index in [1.165, 1.54) is 0 Å². The van der Waals surface area contributed by atoms with Gasteiger partial charge in [-0.1, -0.05) is 0 Å². The lowest BCUT2D eigenvalue weighted by atomic mass is 10.1. The molecule has 1 aromatic rings. The van der Waals surface area contributed by atoms with E-state index >= 15 is 0 Å². The molecule has 20 heavy (non-hydrogen) atoms. The van der Waals surface area contributed by atoms with Gasteiger partial charge in [-0.15, -0.1) is 0 Å². The number of rotatable bonds is 3. The third kappa shape index (κ3) is 3.23. The molecule has 0 spiro atoms. The Morgan fingerprint density at radius 2 is 1.90 bits per heavy atom. The van der Waals surface area contributed by atoms with Gasteiger partial charge in [0.25, 0.3) is 0 Å². The van der Waals surface area contributed by atoms with Crippen LogP contribution in [0.5, 0.6) is 0 Å². The van der Waals surface area contributed by atoms with E-state index in [9.17, 15) is 13.6 Å². The van der Waals surface area contributed by atoms with E-state index in [0.29, 0.717) is 6.07 Å². The van der Waals surface area contributed by atoms with Gasteiger partial charge in [-0.3, -0.25) is 0 Å². The van der Waals surface area contributed by atoms with E-state index in [4.69, 9.17) is 14.6 Å². The van der Waals surface area contributed by atoms with Crippen LogP contribution in [-0.2, 0) is 9.47 Å². The molecule has 1 saturated heterocycles. The number of hydrogen-bond donors (Lipinski definition) is 2. The molecule has 0 amide bonds. The smallest absolute Gasteiger partial charge is 0.338 e. The Kier molecular flexibility index (Phi) is 3.92. The standard InChI is InChI=1S/C13H15F2NO4/c1-13(2)19-5-7(6-20-13)16-11-3-8(12(17)18)9(14)4-10(11)15/h3-4,7,16H,5-6H2,1-2H3,(H,17,18). The highest BCUT2D eigenvalue weighted by Crippen LogP contribution is 2.23. The first kappa shape index (κ1) is 14.7. The van der Waals surface area contributed by atoms with Crippen molar-refractivity contribution in [3.05, 3.63) is 29.3 Å². The van der Waals surface area contributed by atoms with Crippen molar-refractivity contribution in [2.45, 2.75) is 25.7 Å². The molecule has 0 unspecified atom stereocenters. The van der Waals surface area contributed by atoms with Crippen molar-refractivity contribution in [1.29, 1.82) is 0 Å². The average Bonchev–Trinajstić information content (AvgIpc) is 2.34. The minimum Gasteiger partial charge on any atom is -0.478 e. The first-order valence-corrected chi connectivity index (χ1v) is 6.05. The Morgan fingerprint density at radius 3 is 2.45 bits per heavy atom. The number of aromatic carboxylic acids is 1. The molecule has 1 aromatic carbocycles. The topological polar surface area (TPSA) is 67.8 Å². The van der Waals surface area contributed by atoms with E-state index < -0.39 is 29.0 Å². The minimum atomic E-state index is -1.46. The molecule has 1 heterocycles. The summed E-state index contributed by atoms with van der Waals surface area (Å²) >= 11 is 0. The number of carboxylic acids is 1. The van der Waals surface area contributed by atoms with Crippen LogP contribution in [0.25, 0.3) is 0 Å². The molecule has 7 heteroatoms. The van der Waals surface area contributed by atoms with Crippen LogP contribution in [-0.4, -0.2) is 36.1 Å². The van der Waals surface area contributed by atoms with Crippen LogP contribution in [0.15, 0.2) is 12.1 Å². The highest BCUT2D eigenvalue weighted by Gasteiger charge is 2.29. The molecule has 5 nitrogen and oxygen atoms in total. The van der Waals surface area contributed by atoms with Crippen LogP contribution >= 0.6 is 0 Å². The molecule has 1 aliphatic heterocycles. The monoisotopic (exact) mass is 287 g/mol. The highest BCUT2D eigenvalue weighted by molar-refractivity contribution is 5.89. The Labute approximate surface area is 114 Å². The van der Waals surface area contributed by atoms with Gasteiger partial charge in [-0.05, 0) is 19.9 Å². The van der Waals surface area contributed by atoms with Crippen LogP contribution in [0, 0.1) is 11.6 Å². The molecule has 2 N–H and O–H groups in total. The second-order valence-electron chi connectivity index (χ2n) is 4.98. The SMILES string of the molecule is CC1(C)OCC(Nc2cc(C(=O)O)c(F)cc2F)CO1. The molecule has 0 radical (unpaired) electrons. The summed E-state index contributed by atoms with van der Waals surface area (Å²) in [5, 5.41) is 11.6. The minimum absolute atomic E-state index is 0.0966. The zero-order valence-electron chi connectivity index (χ0n) is 11.1. The molecule has 110 valence electrons. The Morgan fingerprint density at radius 1 is 1.30 bits per heavy atom. The summed E-state index contributed by atoms with van der Waals surface area (Å²) in [4.78, 5) is 10.8. The van der Waals surface area contributed by atoms with E-state index in [2.05, 4.69) is 5.32 Å². The number of hydrogen-bond acceptors (Lipinski definition) is 4. The average molecular weight is 287 g/mol. The lowest BCUT2D eigenvalue weighted by Crippen LogP contribution is -2.45. The van der Waals surface area contributed by atoms with Gasteiger partial charge in [0, 0.05) is 6.07 Å². The van der Waals surface area contributed by atoms with Crippen LogP contribution in [0.3, 0.4) is 0 Å². The summed E-state index contributed by atoms with van der Waals surface area (Å²) in [6.07, 6.45) is 0. The fourth-order valence-corrected chi connectivity index (χ4v) is 1.82. The lowest BCUT2D eigenvalue weighted by molar-refractivity contribution is -0.247. The van der Waals surface area contributed by atoms with Gasteiger partial charge in [0.2, 0.25) is 0 Å². The second kappa shape index (κ2) is 5.34. The maximum Gasteiger partial charge on any atom is 0.338 e. The van der Waals surface area contributed by atoms with Gasteiger partial charge in [0.1, 0.15) is 11.6 Å². The van der Waals surface area contributed by atoms with Crippen LogP contribution < -0.4 is 5.32 Å². The molecule has 0 atom stereocenters. The van der Waals surface area contributed by atoms with Gasteiger partial charge in [0.05, 0.1) is 30.5 Å². The number of halogens is 2. The predicted molar refractivity (Wildman–Crippen MR) is 66.7 cm³/mol. The van der Waals surface area contributed by atoms with Gasteiger partial charge < -0.3 is 19.9 Å². The zero-order valence-corrected chi connectivity index (χ0v) is 11.1. The van der Waals surface area contributed by atoms with Crippen molar-refractivity contribution in [3.63, 3.8) is 0 Å². The Bertz CT molecular complexity index is 523. The molecule has 0 aromatic heterocycles. The number of carbonyl (C=O) groups is 1. The molecular formula is C13H15F2NO4. The van der Waals surface area contributed by atoms with E-state index in [1.807, 2.05) is 0 Å². The summed E-state index contributed by atoms with van der Waals surface area (Å²) in [5.74, 6) is -4.14.